The Hall–Kier alpha value is -2.43. The summed E-state index contributed by atoms with van der Waals surface area (Å²) in [5, 5.41) is 0. The van der Waals surface area contributed by atoms with Gasteiger partial charge in [-0.25, -0.2) is 0 Å². The van der Waals surface area contributed by atoms with E-state index in [1.54, 1.807) is 24.3 Å². The van der Waals surface area contributed by atoms with Crippen molar-refractivity contribution >= 4 is 5.97 Å². The first-order valence-corrected chi connectivity index (χ1v) is 10.9. The van der Waals surface area contributed by atoms with Crippen LogP contribution in [0.2, 0.25) is 0 Å². The van der Waals surface area contributed by atoms with Gasteiger partial charge in [-0.1, -0.05) is 56.9 Å². The summed E-state index contributed by atoms with van der Waals surface area (Å²) in [5.74, 6) is 1.28. The molecule has 0 atom stereocenters. The van der Waals surface area contributed by atoms with Crippen LogP contribution in [0.15, 0.2) is 48.5 Å². The molecule has 1 saturated carbocycles. The molecule has 0 heterocycles. The zero-order valence-electron chi connectivity index (χ0n) is 17.5. The number of rotatable bonds is 9. The zero-order valence-corrected chi connectivity index (χ0v) is 17.5. The van der Waals surface area contributed by atoms with E-state index in [-0.39, 0.29) is 17.6 Å². The van der Waals surface area contributed by atoms with Crippen molar-refractivity contribution in [2.24, 2.45) is 11.8 Å². The minimum Gasteiger partial charge on any atom is -0.435 e. The van der Waals surface area contributed by atoms with E-state index in [4.69, 9.17) is 4.74 Å². The van der Waals surface area contributed by atoms with Gasteiger partial charge in [0.1, 0.15) is 11.5 Å². The van der Waals surface area contributed by atoms with Crippen molar-refractivity contribution in [3.8, 4) is 22.6 Å². The van der Waals surface area contributed by atoms with Gasteiger partial charge in [0, 0.05) is 0 Å². The van der Waals surface area contributed by atoms with Crippen LogP contribution in [0, 0.1) is 11.8 Å². The Kier molecular flexibility index (Phi) is 8.23. The molecule has 2 aromatic carbocycles. The number of hydrogen-bond acceptors (Lipinski definition) is 3. The minimum atomic E-state index is -2.83. The molecule has 0 radical (unpaired) electrons. The molecule has 0 aromatic heterocycles. The second-order valence-corrected chi connectivity index (χ2v) is 8.06. The van der Waals surface area contributed by atoms with E-state index in [9.17, 15) is 13.6 Å². The second-order valence-electron chi connectivity index (χ2n) is 8.06. The van der Waals surface area contributed by atoms with Crippen LogP contribution in [0.1, 0.15) is 58.3 Å². The van der Waals surface area contributed by atoms with Crippen molar-refractivity contribution in [3.63, 3.8) is 0 Å². The Morgan fingerprint density at radius 1 is 0.900 bits per heavy atom. The summed E-state index contributed by atoms with van der Waals surface area (Å²) in [7, 11) is 0. The summed E-state index contributed by atoms with van der Waals surface area (Å²) < 4.78 is 34.5. The third kappa shape index (κ3) is 6.54. The van der Waals surface area contributed by atoms with Crippen LogP contribution < -0.4 is 9.47 Å². The molecule has 0 spiro atoms. The number of carbonyl (C=O) groups excluding carboxylic acids is 1. The molecule has 0 unspecified atom stereocenters. The van der Waals surface area contributed by atoms with Gasteiger partial charge >= 0.3 is 12.6 Å². The summed E-state index contributed by atoms with van der Waals surface area (Å²) in [5.41, 5.74) is 1.78. The van der Waals surface area contributed by atoms with E-state index >= 15 is 0 Å². The smallest absolute Gasteiger partial charge is 0.387 e. The van der Waals surface area contributed by atoms with E-state index in [1.165, 1.54) is 37.8 Å². The second kappa shape index (κ2) is 11.1. The Labute approximate surface area is 177 Å². The minimum absolute atomic E-state index is 0.00511. The Bertz CT molecular complexity index is 779. The quantitative estimate of drug-likeness (QED) is 0.245. The maximum atomic E-state index is 12.5. The zero-order chi connectivity index (χ0) is 21.3. The van der Waals surface area contributed by atoms with Gasteiger partial charge in [-0.15, -0.1) is 0 Å². The van der Waals surface area contributed by atoms with Crippen molar-refractivity contribution in [2.75, 3.05) is 0 Å². The first kappa shape index (κ1) is 22.3. The van der Waals surface area contributed by atoms with Gasteiger partial charge in [-0.3, -0.25) is 4.79 Å². The number of halogens is 2. The van der Waals surface area contributed by atoms with Gasteiger partial charge in [0.15, 0.2) is 0 Å². The summed E-state index contributed by atoms with van der Waals surface area (Å²) >= 11 is 0. The highest BCUT2D eigenvalue weighted by Gasteiger charge is 2.27. The first-order chi connectivity index (χ1) is 14.5. The van der Waals surface area contributed by atoms with E-state index in [0.717, 1.165) is 42.7 Å². The molecule has 162 valence electrons. The fourth-order valence-corrected chi connectivity index (χ4v) is 4.11. The molecule has 2 aromatic rings. The first-order valence-electron chi connectivity index (χ1n) is 10.9. The molecular weight excluding hydrogens is 386 g/mol. The number of hydrogen-bond donors (Lipinski definition) is 0. The van der Waals surface area contributed by atoms with Crippen LogP contribution in [-0.2, 0) is 4.79 Å². The molecule has 3 rings (SSSR count). The molecule has 0 aliphatic heterocycles. The Balaban J connectivity index is 1.49. The fourth-order valence-electron chi connectivity index (χ4n) is 4.11. The lowest BCUT2D eigenvalue weighted by atomic mass is 9.80. The van der Waals surface area contributed by atoms with Gasteiger partial charge in [0.2, 0.25) is 0 Å². The summed E-state index contributed by atoms with van der Waals surface area (Å²) in [6, 6.07) is 13.7. The number of unbranched alkanes of at least 4 members (excludes halogenated alkanes) is 2. The van der Waals surface area contributed by atoms with Gasteiger partial charge in [0.05, 0.1) is 5.92 Å². The average Bonchev–Trinajstić information content (AvgIpc) is 2.75. The van der Waals surface area contributed by atoms with Crippen LogP contribution in [0.3, 0.4) is 0 Å². The van der Waals surface area contributed by atoms with Gasteiger partial charge < -0.3 is 9.47 Å². The van der Waals surface area contributed by atoms with E-state index in [0.29, 0.717) is 5.75 Å². The molecule has 1 aliphatic rings. The molecule has 1 fully saturated rings. The van der Waals surface area contributed by atoms with Gasteiger partial charge in [0.25, 0.3) is 0 Å². The number of alkyl halides is 2. The molecule has 1 aliphatic carbocycles. The summed E-state index contributed by atoms with van der Waals surface area (Å²) in [6.07, 6.45) is 9.20. The van der Waals surface area contributed by atoms with Crippen LogP contribution in [0.25, 0.3) is 11.1 Å². The van der Waals surface area contributed by atoms with Crippen molar-refractivity contribution in [1.29, 1.82) is 0 Å². The predicted octanol–water partition coefficient (Wildman–Crippen LogP) is 7.25. The van der Waals surface area contributed by atoms with Crippen molar-refractivity contribution in [1.82, 2.24) is 0 Å². The van der Waals surface area contributed by atoms with Crippen molar-refractivity contribution in [3.05, 3.63) is 48.5 Å². The lowest BCUT2D eigenvalue weighted by Gasteiger charge is -2.27. The Morgan fingerprint density at radius 2 is 1.47 bits per heavy atom. The highest BCUT2D eigenvalue weighted by Crippen LogP contribution is 2.33. The number of esters is 1. The molecule has 0 bridgehead atoms. The normalized spacial score (nSPS) is 18.9. The molecule has 5 heteroatoms. The topological polar surface area (TPSA) is 35.5 Å². The number of benzene rings is 2. The van der Waals surface area contributed by atoms with Crippen LogP contribution in [0.4, 0.5) is 8.78 Å². The number of carbonyl (C=O) groups is 1. The average molecular weight is 417 g/mol. The van der Waals surface area contributed by atoms with Crippen molar-refractivity contribution in [2.45, 2.75) is 64.9 Å². The fraction of sp³-hybridized carbons (Fsp3) is 0.480. The third-order valence-corrected chi connectivity index (χ3v) is 5.88. The molecule has 30 heavy (non-hydrogen) atoms. The maximum absolute atomic E-state index is 12.5. The Morgan fingerprint density at radius 3 is 2.00 bits per heavy atom. The highest BCUT2D eigenvalue weighted by atomic mass is 19.3. The van der Waals surface area contributed by atoms with Crippen molar-refractivity contribution < 1.29 is 23.0 Å². The van der Waals surface area contributed by atoms with E-state index in [2.05, 4.69) is 11.7 Å². The molecular formula is C25H30F2O3. The lowest BCUT2D eigenvalue weighted by Crippen LogP contribution is -2.25. The van der Waals surface area contributed by atoms with E-state index < -0.39 is 6.61 Å². The van der Waals surface area contributed by atoms with E-state index in [1.807, 2.05) is 12.1 Å². The monoisotopic (exact) mass is 416 g/mol. The lowest BCUT2D eigenvalue weighted by molar-refractivity contribution is -0.140. The molecule has 3 nitrogen and oxygen atoms in total. The molecule has 0 saturated heterocycles. The van der Waals surface area contributed by atoms with Crippen LogP contribution in [0.5, 0.6) is 11.5 Å². The van der Waals surface area contributed by atoms with Gasteiger partial charge in [-0.2, -0.15) is 8.78 Å². The van der Waals surface area contributed by atoms with Crippen LogP contribution >= 0.6 is 0 Å². The van der Waals surface area contributed by atoms with Gasteiger partial charge in [-0.05, 0) is 67.0 Å². The van der Waals surface area contributed by atoms with Crippen LogP contribution in [-0.4, -0.2) is 12.6 Å². The SMILES string of the molecule is CCCCC[C@H]1CC[C@H](C(=O)Oc2ccc(-c3ccc(OC(F)F)cc3)cc2)CC1. The molecule has 0 amide bonds. The summed E-state index contributed by atoms with van der Waals surface area (Å²) in [6.45, 7) is -0.609. The predicted molar refractivity (Wildman–Crippen MR) is 114 cm³/mol. The standard InChI is InChI=1S/C25H30F2O3/c1-2-3-4-5-18-6-8-21(9-7-18)24(28)29-22-14-10-19(11-15-22)20-12-16-23(17-13-20)30-25(26)27/h10-18,21,25H,2-9H2,1H3/t18-,21-. The molecule has 0 N–H and O–H groups in total. The third-order valence-electron chi connectivity index (χ3n) is 5.88. The number of ether oxygens (including phenoxy) is 2. The highest BCUT2D eigenvalue weighted by molar-refractivity contribution is 5.75. The summed E-state index contributed by atoms with van der Waals surface area (Å²) in [4.78, 5) is 12.5. The largest absolute Gasteiger partial charge is 0.435 e. The maximum Gasteiger partial charge on any atom is 0.387 e.